The lowest BCUT2D eigenvalue weighted by molar-refractivity contribution is 0.0682. The van der Waals surface area contributed by atoms with E-state index < -0.39 is 46.9 Å². The van der Waals surface area contributed by atoms with E-state index in [9.17, 15) is 60.0 Å². The zero-order valence-corrected chi connectivity index (χ0v) is 68.3. The van der Waals surface area contributed by atoms with Crippen molar-refractivity contribution in [2.45, 2.75) is 39.3 Å². The molecule has 0 bridgehead atoms. The average Bonchev–Trinajstić information content (AvgIpc) is 0.791. The van der Waals surface area contributed by atoms with E-state index in [4.69, 9.17) is 11.5 Å². The first-order chi connectivity index (χ1) is 62.7. The Hall–Kier alpha value is -18.2. The Bertz CT molecular complexity index is 7010. The number of pyridine rings is 6. The summed E-state index contributed by atoms with van der Waals surface area (Å²) < 4.78 is 0. The molecule has 6 heterocycles. The van der Waals surface area contributed by atoms with Crippen molar-refractivity contribution < 1.29 is 60.0 Å². The van der Waals surface area contributed by atoms with Crippen LogP contribution in [-0.2, 0) is 39.3 Å². The Kier molecular flexibility index (Phi) is 26.5. The predicted molar refractivity (Wildman–Crippen MR) is 490 cm³/mol. The van der Waals surface area contributed by atoms with Crippen molar-refractivity contribution in [3.8, 4) is 23.0 Å². The molecule has 129 heavy (non-hydrogen) atoms. The molecule has 0 fully saturated rings. The minimum absolute atomic E-state index is 0.0263. The monoisotopic (exact) mass is 1710 g/mol. The molecule has 6 aromatic heterocycles. The summed E-state index contributed by atoms with van der Waals surface area (Å²) in [7, 11) is 0. The number of hydrogen-bond donors (Lipinski definition) is 10. The van der Waals surface area contributed by atoms with Gasteiger partial charge in [0.15, 0.2) is 23.0 Å². The number of fused-ring (bicyclic) bond motifs is 4. The van der Waals surface area contributed by atoms with Crippen LogP contribution >= 0.6 is 0 Å². The predicted octanol–water partition coefficient (Wildman–Crippen LogP) is 22.1. The zero-order valence-electron chi connectivity index (χ0n) is 68.3. The summed E-state index contributed by atoms with van der Waals surface area (Å²) >= 11 is 0. The fourth-order valence-electron chi connectivity index (χ4n) is 14.3. The lowest BCUT2D eigenvalue weighted by Crippen LogP contribution is -2.24. The van der Waals surface area contributed by atoms with Gasteiger partial charge in [-0.25, -0.2) is 19.2 Å². The molecule has 0 radical (unpaired) electrons. The summed E-state index contributed by atoms with van der Waals surface area (Å²) in [5.74, 6) is -7.12. The molecule has 0 saturated heterocycles. The first-order valence-electron chi connectivity index (χ1n) is 39.9. The van der Waals surface area contributed by atoms with Crippen LogP contribution in [0.1, 0.15) is 75.6 Å². The number of aromatic nitrogens is 6. The molecular weight excluding hydrogens is 1640 g/mol. The Balaban J connectivity index is 0.000000152. The highest BCUT2D eigenvalue weighted by atomic mass is 16.4. The molecule has 31 nitrogen and oxygen atoms in total. The van der Waals surface area contributed by atoms with Gasteiger partial charge in [-0.15, -0.1) is 30.7 Å². The fraction of sp³-hybridized carbons (Fsp3) is 0.0612. The maximum Gasteiger partial charge on any atom is 0.340 e. The number of benzene rings is 11. The Morgan fingerprint density at radius 1 is 0.271 bits per heavy atom. The van der Waals surface area contributed by atoms with Crippen molar-refractivity contribution in [2.24, 2.45) is 40.9 Å². The minimum atomic E-state index is -1.33. The lowest BCUT2D eigenvalue weighted by Gasteiger charge is -2.25. The number of rotatable bonds is 27. The molecule has 11 aromatic carbocycles. The average molecular weight is 1710 g/mol. The highest BCUT2D eigenvalue weighted by Gasteiger charge is 2.26. The number of carboxylic acids is 4. The third kappa shape index (κ3) is 20.6. The number of nitrogens with two attached hydrogens (primary N) is 2. The van der Waals surface area contributed by atoms with Crippen LogP contribution in [0.25, 0.3) is 43.1 Å². The van der Waals surface area contributed by atoms with E-state index in [0.29, 0.717) is 111 Å². The van der Waals surface area contributed by atoms with E-state index in [1.54, 1.807) is 183 Å². The van der Waals surface area contributed by atoms with Gasteiger partial charge in [0.1, 0.15) is 56.4 Å². The second-order valence-corrected chi connectivity index (χ2v) is 29.0. The molecule has 0 aliphatic carbocycles. The molecule has 12 N–H and O–H groups in total. The number of azo groups is 4. The van der Waals surface area contributed by atoms with Crippen molar-refractivity contribution >= 4 is 141 Å². The van der Waals surface area contributed by atoms with Crippen molar-refractivity contribution in [1.82, 2.24) is 29.9 Å². The Labute approximate surface area is 735 Å². The van der Waals surface area contributed by atoms with Gasteiger partial charge in [-0.3, -0.25) is 29.9 Å². The van der Waals surface area contributed by atoms with Crippen LogP contribution < -0.4 is 26.2 Å². The molecule has 0 amide bonds. The number of nitrogen functional groups attached to an aromatic ring is 2. The molecule has 17 rings (SSSR count). The second kappa shape index (κ2) is 39.8. The Morgan fingerprint density at radius 3 is 0.915 bits per heavy atom. The largest absolute Gasteiger partial charge is 0.505 e. The quantitative estimate of drug-likeness (QED) is 0.0169. The van der Waals surface area contributed by atoms with Gasteiger partial charge in [-0.1, -0.05) is 133 Å². The molecule has 0 saturated carbocycles. The Morgan fingerprint density at radius 2 is 0.566 bits per heavy atom. The highest BCUT2D eigenvalue weighted by molar-refractivity contribution is 6.09. The maximum absolute atomic E-state index is 12.1. The number of aromatic carboxylic acids is 4. The maximum atomic E-state index is 12.1. The van der Waals surface area contributed by atoms with E-state index in [1.165, 1.54) is 18.2 Å². The fourth-order valence-corrected chi connectivity index (χ4v) is 14.3. The minimum Gasteiger partial charge on any atom is -0.505 e. The third-order valence-corrected chi connectivity index (χ3v) is 20.4. The summed E-state index contributed by atoms with van der Waals surface area (Å²) in [6, 6.07) is 83.3. The van der Waals surface area contributed by atoms with E-state index in [2.05, 4.69) is 80.6 Å². The lowest BCUT2D eigenvalue weighted by atomic mass is 10.0. The van der Waals surface area contributed by atoms with Crippen LogP contribution in [0.15, 0.2) is 363 Å². The number of aromatic hydroxyl groups is 4. The molecule has 636 valence electrons. The summed E-state index contributed by atoms with van der Waals surface area (Å²) in [6.45, 7) is 2.65. The number of anilines is 5. The van der Waals surface area contributed by atoms with Crippen LogP contribution in [-0.4, -0.2) is 94.6 Å². The number of carbonyl (C=O) groups is 4. The van der Waals surface area contributed by atoms with Gasteiger partial charge >= 0.3 is 23.9 Å². The van der Waals surface area contributed by atoms with Gasteiger partial charge in [-0.05, 0) is 173 Å². The molecule has 0 unspecified atom stereocenters. The van der Waals surface area contributed by atoms with Crippen molar-refractivity contribution in [2.75, 3.05) is 26.2 Å². The summed E-state index contributed by atoms with van der Waals surface area (Å²) in [6.07, 6.45) is 10.4. The molecule has 0 atom stereocenters. The van der Waals surface area contributed by atoms with Gasteiger partial charge in [0.2, 0.25) is 0 Å². The standard InChI is InChI=1S/C40H29N7O6.2C29H24N6O3/c48-37-31(39(50)51)19-24-9-1-3-13-29(24)35(37)45-43-26-15-16-34(47(22-27-11-5-7-17-41-27)23-28-12-6-8-18-42-28)33(21-26)44-46-36-30-14-4-2-10-25(30)20-32(38(36)49)40(52)53;30-20-11-12-26(35(17-21-8-3-5-13-31-21)18-22-9-4-6-14-32-22)24(16-20)33-34-25-15-19-7-1-2-10-23(19)27(28(25)36)29(37)38;30-25-16-20(33-34-27-23-10-2-1-7-19(23)15-24(28(27)36)29(37)38)11-12-26(25)35(17-21-8-3-5-13-31-21)18-22-9-4-6-14-32-22/h1-21,48-49H,22-23H2,(H,50,51)(H,52,53);2*1-16,36H,17-18,30H2,(H,37,38). The molecular formula is C98H77N19O12. The van der Waals surface area contributed by atoms with Crippen LogP contribution in [0, 0.1) is 0 Å². The van der Waals surface area contributed by atoms with Crippen LogP contribution in [0.4, 0.5) is 73.9 Å². The number of nitrogens with zero attached hydrogens (tertiary/aromatic N) is 17. The van der Waals surface area contributed by atoms with Crippen LogP contribution in [0.3, 0.4) is 0 Å². The van der Waals surface area contributed by atoms with Gasteiger partial charge < -0.3 is 67.0 Å². The van der Waals surface area contributed by atoms with Crippen molar-refractivity contribution in [1.29, 1.82) is 0 Å². The SMILES string of the molecule is Nc1cc(N=Nc2c(O)c(C(=O)O)cc3ccccc23)ccc1N(Cc1ccccn1)Cc1ccccn1.Nc1ccc(N(Cc2ccccn2)Cc2ccccn2)c(N=Nc2cc3ccccc3c(C(=O)O)c2O)c1.O=C(O)c1cc2ccccc2c(N=Nc2ccc(N(Cc3ccccn3)Cc3ccccn3)c(N=Nc3c(O)c(C(=O)O)cc4ccccc34)c2)c1O. The number of carboxylic acid groups (broad SMARTS) is 4. The van der Waals surface area contributed by atoms with Gasteiger partial charge in [0, 0.05) is 64.4 Å². The van der Waals surface area contributed by atoms with Gasteiger partial charge in [0.05, 0.1) is 108 Å². The van der Waals surface area contributed by atoms with Crippen LogP contribution in [0.5, 0.6) is 23.0 Å². The number of hydrogen-bond acceptors (Lipinski definition) is 27. The number of phenols is 4. The molecule has 0 aliphatic heterocycles. The first kappa shape index (κ1) is 85.8. The summed E-state index contributed by atoms with van der Waals surface area (Å²) in [4.78, 5) is 80.5. The zero-order chi connectivity index (χ0) is 89.9. The summed E-state index contributed by atoms with van der Waals surface area (Å²) in [5, 5.41) is 121. The van der Waals surface area contributed by atoms with Crippen LogP contribution in [0.2, 0.25) is 0 Å². The van der Waals surface area contributed by atoms with E-state index >= 15 is 0 Å². The smallest absolute Gasteiger partial charge is 0.340 e. The highest BCUT2D eigenvalue weighted by Crippen LogP contribution is 2.47. The normalized spacial score (nSPS) is 11.3. The van der Waals surface area contributed by atoms with E-state index in [0.717, 1.165) is 45.5 Å². The molecule has 17 aromatic rings. The second-order valence-electron chi connectivity index (χ2n) is 29.0. The first-order valence-corrected chi connectivity index (χ1v) is 39.9. The van der Waals surface area contributed by atoms with Crippen molar-refractivity contribution in [3.05, 3.63) is 379 Å². The molecule has 0 spiro atoms. The van der Waals surface area contributed by atoms with E-state index in [1.807, 2.05) is 126 Å². The molecule has 31 heteroatoms. The van der Waals surface area contributed by atoms with Crippen molar-refractivity contribution in [3.63, 3.8) is 0 Å². The topological polar surface area (TPSA) is 468 Å². The summed E-state index contributed by atoms with van der Waals surface area (Å²) in [5.41, 5.74) is 20.9. The van der Waals surface area contributed by atoms with Gasteiger partial charge in [0.25, 0.3) is 0 Å². The van der Waals surface area contributed by atoms with Gasteiger partial charge in [-0.2, -0.15) is 10.2 Å². The molecule has 0 aliphatic rings. The van der Waals surface area contributed by atoms with E-state index in [-0.39, 0.29) is 56.4 Å². The third-order valence-electron chi connectivity index (χ3n) is 20.4.